The summed E-state index contributed by atoms with van der Waals surface area (Å²) in [7, 11) is 1.67. The summed E-state index contributed by atoms with van der Waals surface area (Å²) in [4.78, 5) is 0. The van der Waals surface area contributed by atoms with Crippen LogP contribution >= 0.6 is 12.4 Å². The van der Waals surface area contributed by atoms with Crippen LogP contribution in [0, 0.1) is 13.8 Å². The fourth-order valence-electron chi connectivity index (χ4n) is 1.56. The van der Waals surface area contributed by atoms with E-state index in [4.69, 9.17) is 16.2 Å². The number of hydrogen-bond acceptors (Lipinski definition) is 3. The molecule has 4 N–H and O–H groups in total. The number of rotatable bonds is 3. The molecule has 0 aliphatic rings. The summed E-state index contributed by atoms with van der Waals surface area (Å²) < 4.78 is 5.22. The van der Waals surface area contributed by atoms with Gasteiger partial charge in [-0.05, 0) is 36.6 Å². The topological polar surface area (TPSA) is 61.3 Å². The molecule has 0 unspecified atom stereocenters. The first-order valence-corrected chi connectivity index (χ1v) is 4.71. The van der Waals surface area contributed by atoms with Crippen molar-refractivity contribution in [2.24, 2.45) is 11.5 Å². The van der Waals surface area contributed by atoms with Gasteiger partial charge in [-0.2, -0.15) is 0 Å². The molecule has 0 radical (unpaired) electrons. The Balaban J connectivity index is 0.00000196. The number of hydrogen-bond donors (Lipinski definition) is 2. The largest absolute Gasteiger partial charge is 0.496 e. The van der Waals surface area contributed by atoms with Gasteiger partial charge < -0.3 is 16.2 Å². The first-order chi connectivity index (χ1) is 6.60. The van der Waals surface area contributed by atoms with Crippen LogP contribution in [-0.4, -0.2) is 13.7 Å². The maximum absolute atomic E-state index is 5.89. The minimum atomic E-state index is -0.0837. The van der Waals surface area contributed by atoms with Gasteiger partial charge in [-0.15, -0.1) is 12.4 Å². The number of benzene rings is 1. The van der Waals surface area contributed by atoms with Crippen LogP contribution in [0.25, 0.3) is 0 Å². The van der Waals surface area contributed by atoms with E-state index in [9.17, 15) is 0 Å². The zero-order valence-corrected chi connectivity index (χ0v) is 10.2. The van der Waals surface area contributed by atoms with Crippen LogP contribution in [-0.2, 0) is 0 Å². The molecule has 0 aliphatic carbocycles. The number of aryl methyl sites for hydroxylation is 2. The van der Waals surface area contributed by atoms with E-state index in [0.29, 0.717) is 6.54 Å². The lowest BCUT2D eigenvalue weighted by Gasteiger charge is -2.15. The minimum Gasteiger partial charge on any atom is -0.496 e. The van der Waals surface area contributed by atoms with Crippen molar-refractivity contribution in [3.8, 4) is 5.75 Å². The van der Waals surface area contributed by atoms with Gasteiger partial charge in [0.2, 0.25) is 0 Å². The lowest BCUT2D eigenvalue weighted by Crippen LogP contribution is -2.21. The molecule has 3 nitrogen and oxygen atoms in total. The summed E-state index contributed by atoms with van der Waals surface area (Å²) in [5, 5.41) is 0. The average molecular weight is 231 g/mol. The Morgan fingerprint density at radius 3 is 2.33 bits per heavy atom. The van der Waals surface area contributed by atoms with Gasteiger partial charge in [0.05, 0.1) is 7.11 Å². The molecular weight excluding hydrogens is 212 g/mol. The lowest BCUT2D eigenvalue weighted by molar-refractivity contribution is 0.411. The van der Waals surface area contributed by atoms with Crippen molar-refractivity contribution in [1.82, 2.24) is 0 Å². The Kier molecular flexibility index (Phi) is 5.65. The van der Waals surface area contributed by atoms with E-state index in [1.165, 1.54) is 0 Å². The van der Waals surface area contributed by atoms with Gasteiger partial charge in [0.1, 0.15) is 5.75 Å². The molecule has 1 aromatic rings. The highest BCUT2D eigenvalue weighted by molar-refractivity contribution is 5.85. The SMILES string of the molecule is COc1cc(C)c([C@@H](N)CN)cc1C.Cl. The predicted molar refractivity (Wildman–Crippen MR) is 65.7 cm³/mol. The molecule has 0 saturated heterocycles. The number of halogens is 1. The van der Waals surface area contributed by atoms with Crippen LogP contribution in [0.5, 0.6) is 5.75 Å². The van der Waals surface area contributed by atoms with Crippen LogP contribution in [0.1, 0.15) is 22.7 Å². The summed E-state index contributed by atoms with van der Waals surface area (Å²) in [5.41, 5.74) is 14.8. The summed E-state index contributed by atoms with van der Waals surface area (Å²) in [5.74, 6) is 0.899. The molecule has 0 aromatic heterocycles. The molecule has 1 atom stereocenters. The van der Waals surface area contributed by atoms with Gasteiger partial charge in [0, 0.05) is 12.6 Å². The van der Waals surface area contributed by atoms with Crippen LogP contribution in [0.3, 0.4) is 0 Å². The molecule has 15 heavy (non-hydrogen) atoms. The van der Waals surface area contributed by atoms with Crippen molar-refractivity contribution >= 4 is 12.4 Å². The second-order valence-corrected chi connectivity index (χ2v) is 3.52. The quantitative estimate of drug-likeness (QED) is 0.831. The van der Waals surface area contributed by atoms with Crippen molar-refractivity contribution in [3.05, 3.63) is 28.8 Å². The maximum Gasteiger partial charge on any atom is 0.122 e. The van der Waals surface area contributed by atoms with E-state index in [0.717, 1.165) is 22.4 Å². The van der Waals surface area contributed by atoms with E-state index in [2.05, 4.69) is 0 Å². The van der Waals surface area contributed by atoms with Crippen LogP contribution in [0.4, 0.5) is 0 Å². The summed E-state index contributed by atoms with van der Waals surface area (Å²) in [6, 6.07) is 3.96. The monoisotopic (exact) mass is 230 g/mol. The predicted octanol–water partition coefficient (Wildman–Crippen LogP) is 1.69. The van der Waals surface area contributed by atoms with Gasteiger partial charge in [-0.25, -0.2) is 0 Å². The van der Waals surface area contributed by atoms with Gasteiger partial charge in [0.15, 0.2) is 0 Å². The summed E-state index contributed by atoms with van der Waals surface area (Å²) in [6.45, 7) is 4.49. The van der Waals surface area contributed by atoms with Crippen molar-refractivity contribution < 1.29 is 4.74 Å². The standard InChI is InChI=1S/C11H18N2O.ClH/c1-7-5-11(14-3)8(2)4-9(7)10(13)6-12;/h4-5,10H,6,12-13H2,1-3H3;1H/t10-;/m0./s1. The van der Waals surface area contributed by atoms with E-state index in [1.807, 2.05) is 26.0 Å². The number of ether oxygens (including phenoxy) is 1. The minimum absolute atomic E-state index is 0. The molecule has 1 aromatic carbocycles. The van der Waals surface area contributed by atoms with Crippen molar-refractivity contribution in [3.63, 3.8) is 0 Å². The normalized spacial score (nSPS) is 11.8. The maximum atomic E-state index is 5.89. The Morgan fingerprint density at radius 1 is 1.27 bits per heavy atom. The molecule has 1 rings (SSSR count). The molecule has 0 saturated carbocycles. The molecule has 0 amide bonds. The second kappa shape index (κ2) is 5.95. The van der Waals surface area contributed by atoms with Crippen molar-refractivity contribution in [2.45, 2.75) is 19.9 Å². The fourth-order valence-corrected chi connectivity index (χ4v) is 1.56. The summed E-state index contributed by atoms with van der Waals surface area (Å²) in [6.07, 6.45) is 0. The van der Waals surface area contributed by atoms with Crippen LogP contribution < -0.4 is 16.2 Å². The van der Waals surface area contributed by atoms with Crippen molar-refractivity contribution in [1.29, 1.82) is 0 Å². The fraction of sp³-hybridized carbons (Fsp3) is 0.455. The van der Waals surface area contributed by atoms with Gasteiger partial charge in [0.25, 0.3) is 0 Å². The Labute approximate surface area is 97.2 Å². The highest BCUT2D eigenvalue weighted by Crippen LogP contribution is 2.25. The van der Waals surface area contributed by atoms with Crippen molar-refractivity contribution in [2.75, 3.05) is 13.7 Å². The average Bonchev–Trinajstić information content (AvgIpc) is 2.19. The first-order valence-electron chi connectivity index (χ1n) is 4.71. The molecular formula is C11H19ClN2O. The van der Waals surface area contributed by atoms with Gasteiger partial charge >= 0.3 is 0 Å². The molecule has 0 spiro atoms. The summed E-state index contributed by atoms with van der Waals surface area (Å²) >= 11 is 0. The Hall–Kier alpha value is -0.770. The Morgan fingerprint density at radius 2 is 1.87 bits per heavy atom. The Bertz CT molecular complexity index is 329. The van der Waals surface area contributed by atoms with Crippen LogP contribution in [0.15, 0.2) is 12.1 Å². The molecule has 0 heterocycles. The zero-order chi connectivity index (χ0) is 10.7. The van der Waals surface area contributed by atoms with E-state index < -0.39 is 0 Å². The van der Waals surface area contributed by atoms with E-state index >= 15 is 0 Å². The molecule has 86 valence electrons. The van der Waals surface area contributed by atoms with Gasteiger partial charge in [-0.3, -0.25) is 0 Å². The molecule has 4 heteroatoms. The third-order valence-corrected chi connectivity index (χ3v) is 2.44. The highest BCUT2D eigenvalue weighted by atomic mass is 35.5. The number of nitrogens with two attached hydrogens (primary N) is 2. The zero-order valence-electron chi connectivity index (χ0n) is 9.41. The smallest absolute Gasteiger partial charge is 0.122 e. The lowest BCUT2D eigenvalue weighted by atomic mass is 9.99. The third kappa shape index (κ3) is 3.09. The molecule has 0 fully saturated rings. The highest BCUT2D eigenvalue weighted by Gasteiger charge is 2.09. The first kappa shape index (κ1) is 14.2. The van der Waals surface area contributed by atoms with E-state index in [1.54, 1.807) is 7.11 Å². The van der Waals surface area contributed by atoms with Gasteiger partial charge in [-0.1, -0.05) is 6.07 Å². The van der Waals surface area contributed by atoms with E-state index in [-0.39, 0.29) is 18.4 Å². The molecule has 0 bridgehead atoms. The number of methoxy groups -OCH3 is 1. The third-order valence-electron chi connectivity index (χ3n) is 2.44. The second-order valence-electron chi connectivity index (χ2n) is 3.52. The van der Waals surface area contributed by atoms with Crippen LogP contribution in [0.2, 0.25) is 0 Å². The molecule has 0 aliphatic heterocycles.